The third-order valence-corrected chi connectivity index (χ3v) is 3.81. The number of carbonyl (C=O) groups is 2. The van der Waals surface area contributed by atoms with Crippen LogP contribution < -0.4 is 19.5 Å². The molecule has 1 amide bonds. The number of benzene rings is 1. The monoisotopic (exact) mass is 367 g/mol. The van der Waals surface area contributed by atoms with Gasteiger partial charge in [-0.2, -0.15) is 0 Å². The van der Waals surface area contributed by atoms with Gasteiger partial charge in [-0.15, -0.1) is 0 Å². The van der Waals surface area contributed by atoms with Gasteiger partial charge in [0.2, 0.25) is 5.75 Å². The van der Waals surface area contributed by atoms with E-state index >= 15 is 0 Å². The molecule has 7 heteroatoms. The van der Waals surface area contributed by atoms with Crippen molar-refractivity contribution >= 4 is 11.9 Å². The number of ether oxygens (including phenoxy) is 4. The van der Waals surface area contributed by atoms with Crippen molar-refractivity contribution in [2.45, 2.75) is 39.0 Å². The second-order valence-corrected chi connectivity index (χ2v) is 5.75. The summed E-state index contributed by atoms with van der Waals surface area (Å²) < 4.78 is 20.8. The average molecular weight is 367 g/mol. The maximum atomic E-state index is 11.8. The zero-order valence-electron chi connectivity index (χ0n) is 16.1. The first-order valence-electron chi connectivity index (χ1n) is 8.76. The summed E-state index contributed by atoms with van der Waals surface area (Å²) in [6.45, 7) is 2.45. The molecule has 0 radical (unpaired) electrons. The fourth-order valence-corrected chi connectivity index (χ4v) is 2.40. The van der Waals surface area contributed by atoms with E-state index in [4.69, 9.17) is 18.9 Å². The number of rotatable bonds is 12. The Labute approximate surface area is 155 Å². The molecular formula is C19H29NO6. The van der Waals surface area contributed by atoms with Gasteiger partial charge >= 0.3 is 5.97 Å². The second-order valence-electron chi connectivity index (χ2n) is 5.75. The van der Waals surface area contributed by atoms with Crippen molar-refractivity contribution in [3.63, 3.8) is 0 Å². The zero-order chi connectivity index (χ0) is 19.4. The molecule has 1 rings (SSSR count). The van der Waals surface area contributed by atoms with Crippen molar-refractivity contribution in [3.05, 3.63) is 17.7 Å². The molecule has 0 aliphatic heterocycles. The van der Waals surface area contributed by atoms with Crippen LogP contribution >= 0.6 is 0 Å². The molecule has 0 spiro atoms. The molecule has 7 nitrogen and oxygen atoms in total. The van der Waals surface area contributed by atoms with Crippen LogP contribution in [-0.4, -0.2) is 46.4 Å². The van der Waals surface area contributed by atoms with Crippen LogP contribution in [0.15, 0.2) is 12.1 Å². The van der Waals surface area contributed by atoms with Crippen molar-refractivity contribution in [1.29, 1.82) is 0 Å². The molecular weight excluding hydrogens is 338 g/mol. The van der Waals surface area contributed by atoms with Crippen molar-refractivity contribution in [3.8, 4) is 17.2 Å². The quantitative estimate of drug-likeness (QED) is 0.451. The van der Waals surface area contributed by atoms with Gasteiger partial charge in [0.1, 0.15) is 0 Å². The molecule has 26 heavy (non-hydrogen) atoms. The van der Waals surface area contributed by atoms with Gasteiger partial charge < -0.3 is 24.3 Å². The number of amides is 1. The first-order chi connectivity index (χ1) is 12.5. The Bertz CT molecular complexity index is 562. The molecule has 1 aromatic rings. The Balaban J connectivity index is 2.46. The summed E-state index contributed by atoms with van der Waals surface area (Å²) in [5.41, 5.74) is 0.848. The lowest BCUT2D eigenvalue weighted by Crippen LogP contribution is -2.29. The zero-order valence-corrected chi connectivity index (χ0v) is 16.1. The molecule has 0 aliphatic carbocycles. The van der Waals surface area contributed by atoms with Crippen LogP contribution in [0.3, 0.4) is 0 Å². The molecule has 0 unspecified atom stereocenters. The van der Waals surface area contributed by atoms with E-state index in [1.807, 2.05) is 0 Å². The number of esters is 1. The van der Waals surface area contributed by atoms with E-state index in [0.29, 0.717) is 30.2 Å². The Morgan fingerprint density at radius 3 is 2.19 bits per heavy atom. The molecule has 0 saturated heterocycles. The van der Waals surface area contributed by atoms with E-state index in [-0.39, 0.29) is 18.9 Å². The predicted molar refractivity (Wildman–Crippen MR) is 97.9 cm³/mol. The van der Waals surface area contributed by atoms with Crippen molar-refractivity contribution in [1.82, 2.24) is 5.32 Å². The summed E-state index contributed by atoms with van der Waals surface area (Å²) >= 11 is 0. The first kappa shape index (κ1) is 21.6. The minimum atomic E-state index is -0.428. The summed E-state index contributed by atoms with van der Waals surface area (Å²) in [6.07, 6.45) is 3.67. The summed E-state index contributed by atoms with van der Waals surface area (Å²) in [6, 6.07) is 3.57. The Hall–Kier alpha value is -2.44. The van der Waals surface area contributed by atoms with Gasteiger partial charge in [-0.05, 0) is 30.5 Å². The minimum absolute atomic E-state index is 0.155. The number of methoxy groups -OCH3 is 3. The third-order valence-electron chi connectivity index (χ3n) is 3.81. The lowest BCUT2D eigenvalue weighted by atomic mass is 10.1. The fourth-order valence-electron chi connectivity index (χ4n) is 2.40. The number of hydrogen-bond donors (Lipinski definition) is 1. The number of carbonyl (C=O) groups excluding carboxylic acids is 2. The Kier molecular flexibility index (Phi) is 9.97. The Morgan fingerprint density at radius 1 is 1.00 bits per heavy atom. The van der Waals surface area contributed by atoms with Gasteiger partial charge in [0, 0.05) is 13.0 Å². The van der Waals surface area contributed by atoms with Crippen molar-refractivity contribution < 1.29 is 28.5 Å². The summed E-state index contributed by atoms with van der Waals surface area (Å²) in [7, 11) is 4.60. The minimum Gasteiger partial charge on any atom is -0.493 e. The maximum Gasteiger partial charge on any atom is 0.306 e. The third kappa shape index (κ3) is 7.21. The van der Waals surface area contributed by atoms with Crippen LogP contribution in [0.4, 0.5) is 0 Å². The lowest BCUT2D eigenvalue weighted by molar-refractivity contribution is -0.148. The molecule has 0 aliphatic rings. The first-order valence-corrected chi connectivity index (χ1v) is 8.76. The highest BCUT2D eigenvalue weighted by molar-refractivity contribution is 5.80. The van der Waals surface area contributed by atoms with E-state index in [2.05, 4.69) is 12.2 Å². The molecule has 1 aromatic carbocycles. The number of aryl methyl sites for hydroxylation is 1. The summed E-state index contributed by atoms with van der Waals surface area (Å²) in [4.78, 5) is 23.4. The maximum absolute atomic E-state index is 11.8. The summed E-state index contributed by atoms with van der Waals surface area (Å²) in [5, 5.41) is 2.73. The molecule has 146 valence electrons. The SMILES string of the molecule is CCCCCNC(=O)COC(=O)CCc1cc(OC)c(OC)c(OC)c1. The highest BCUT2D eigenvalue weighted by Crippen LogP contribution is 2.38. The average Bonchev–Trinajstić information content (AvgIpc) is 2.66. The van der Waals surface area contributed by atoms with Gasteiger partial charge in [0.05, 0.1) is 21.3 Å². The highest BCUT2D eigenvalue weighted by Gasteiger charge is 2.14. The predicted octanol–water partition coefficient (Wildman–Crippen LogP) is 2.49. The van der Waals surface area contributed by atoms with Crippen LogP contribution in [-0.2, 0) is 20.7 Å². The molecule has 0 aromatic heterocycles. The topological polar surface area (TPSA) is 83.1 Å². The second kappa shape index (κ2) is 12.0. The molecule has 0 heterocycles. The van der Waals surface area contributed by atoms with E-state index < -0.39 is 5.97 Å². The number of hydrogen-bond acceptors (Lipinski definition) is 6. The van der Waals surface area contributed by atoms with Crippen LogP contribution in [0.5, 0.6) is 17.2 Å². The molecule has 0 bridgehead atoms. The van der Waals surface area contributed by atoms with Crippen LogP contribution in [0.1, 0.15) is 38.2 Å². The normalized spacial score (nSPS) is 10.2. The van der Waals surface area contributed by atoms with Gasteiger partial charge in [0.15, 0.2) is 18.1 Å². The van der Waals surface area contributed by atoms with E-state index in [0.717, 1.165) is 24.8 Å². The van der Waals surface area contributed by atoms with Gasteiger partial charge in [-0.3, -0.25) is 9.59 Å². The smallest absolute Gasteiger partial charge is 0.306 e. The van der Waals surface area contributed by atoms with Gasteiger partial charge in [0.25, 0.3) is 5.91 Å². The van der Waals surface area contributed by atoms with Gasteiger partial charge in [-0.25, -0.2) is 0 Å². The largest absolute Gasteiger partial charge is 0.493 e. The van der Waals surface area contributed by atoms with E-state index in [1.165, 1.54) is 21.3 Å². The Morgan fingerprint density at radius 2 is 1.65 bits per heavy atom. The van der Waals surface area contributed by atoms with Crippen LogP contribution in [0, 0.1) is 0 Å². The van der Waals surface area contributed by atoms with Crippen LogP contribution in [0.25, 0.3) is 0 Å². The number of nitrogens with one attached hydrogen (secondary N) is 1. The van der Waals surface area contributed by atoms with Crippen molar-refractivity contribution in [2.75, 3.05) is 34.5 Å². The fraction of sp³-hybridized carbons (Fsp3) is 0.579. The molecule has 0 fully saturated rings. The van der Waals surface area contributed by atoms with Gasteiger partial charge in [-0.1, -0.05) is 19.8 Å². The van der Waals surface area contributed by atoms with Crippen LogP contribution in [0.2, 0.25) is 0 Å². The van der Waals surface area contributed by atoms with E-state index in [1.54, 1.807) is 12.1 Å². The number of unbranched alkanes of at least 4 members (excludes halogenated alkanes) is 2. The highest BCUT2D eigenvalue weighted by atomic mass is 16.5. The molecule has 0 atom stereocenters. The van der Waals surface area contributed by atoms with E-state index in [9.17, 15) is 9.59 Å². The molecule has 0 saturated carbocycles. The standard InChI is InChI=1S/C19H29NO6/c1-5-6-7-10-20-17(21)13-26-18(22)9-8-14-11-15(23-2)19(25-4)16(12-14)24-3/h11-12H,5-10,13H2,1-4H3,(H,20,21). The molecule has 1 N–H and O–H groups in total. The summed E-state index contributed by atoms with van der Waals surface area (Å²) in [5.74, 6) is 0.856. The lowest BCUT2D eigenvalue weighted by Gasteiger charge is -2.14. The van der Waals surface area contributed by atoms with Crippen molar-refractivity contribution in [2.24, 2.45) is 0 Å².